The van der Waals surface area contributed by atoms with Gasteiger partial charge in [0, 0.05) is 21.2 Å². The maximum atomic E-state index is 14.0. The standard InChI is InChI=1S/C15H14ClFO2S/c1-19-14-4-2-3-12(15(14)17)13(18)9-20-11-7-5-10(16)6-8-11/h2-8,13,18H,9H2,1H3. The Kier molecular flexibility index (Phi) is 5.29. The molecule has 1 atom stereocenters. The fourth-order valence-electron chi connectivity index (χ4n) is 1.74. The second kappa shape index (κ2) is 6.97. The zero-order valence-corrected chi connectivity index (χ0v) is 12.4. The molecule has 0 spiro atoms. The molecule has 0 aliphatic rings. The third-order valence-corrected chi connectivity index (χ3v) is 4.13. The third-order valence-electron chi connectivity index (χ3n) is 2.79. The molecule has 106 valence electrons. The molecule has 5 heteroatoms. The monoisotopic (exact) mass is 312 g/mol. The molecule has 2 aromatic carbocycles. The minimum atomic E-state index is -0.897. The van der Waals surface area contributed by atoms with Gasteiger partial charge in [-0.15, -0.1) is 11.8 Å². The third kappa shape index (κ3) is 3.66. The van der Waals surface area contributed by atoms with Crippen molar-refractivity contribution in [1.82, 2.24) is 0 Å². The molecule has 0 bridgehead atoms. The lowest BCUT2D eigenvalue weighted by Crippen LogP contribution is -2.04. The number of ether oxygens (including phenoxy) is 1. The molecule has 2 rings (SSSR count). The minimum Gasteiger partial charge on any atom is -0.494 e. The Morgan fingerprint density at radius 3 is 2.60 bits per heavy atom. The van der Waals surface area contributed by atoms with Gasteiger partial charge in [0.15, 0.2) is 11.6 Å². The fourth-order valence-corrected chi connectivity index (χ4v) is 2.72. The van der Waals surface area contributed by atoms with Crippen molar-refractivity contribution >= 4 is 23.4 Å². The summed E-state index contributed by atoms with van der Waals surface area (Å²) in [6, 6.07) is 12.0. The summed E-state index contributed by atoms with van der Waals surface area (Å²) in [5.41, 5.74) is 0.241. The number of aliphatic hydroxyl groups is 1. The lowest BCUT2D eigenvalue weighted by Gasteiger charge is -2.13. The van der Waals surface area contributed by atoms with Crippen molar-refractivity contribution in [3.63, 3.8) is 0 Å². The van der Waals surface area contributed by atoms with Gasteiger partial charge in [-0.05, 0) is 30.3 Å². The summed E-state index contributed by atoms with van der Waals surface area (Å²) in [6.07, 6.45) is -0.897. The lowest BCUT2D eigenvalue weighted by molar-refractivity contribution is 0.197. The highest BCUT2D eigenvalue weighted by Gasteiger charge is 2.16. The van der Waals surface area contributed by atoms with E-state index in [1.165, 1.54) is 24.9 Å². The Morgan fingerprint density at radius 1 is 1.25 bits per heavy atom. The van der Waals surface area contributed by atoms with Gasteiger partial charge in [0.05, 0.1) is 13.2 Å². The number of thioether (sulfide) groups is 1. The van der Waals surface area contributed by atoms with Crippen LogP contribution in [0.2, 0.25) is 5.02 Å². The van der Waals surface area contributed by atoms with Crippen LogP contribution in [0.3, 0.4) is 0 Å². The van der Waals surface area contributed by atoms with Gasteiger partial charge in [0.2, 0.25) is 0 Å². The molecule has 0 amide bonds. The van der Waals surface area contributed by atoms with Crippen LogP contribution in [0.5, 0.6) is 5.75 Å². The van der Waals surface area contributed by atoms with Gasteiger partial charge in [0.25, 0.3) is 0 Å². The molecule has 0 heterocycles. The van der Waals surface area contributed by atoms with Crippen molar-refractivity contribution < 1.29 is 14.2 Å². The Labute approximate surface area is 126 Å². The van der Waals surface area contributed by atoms with Crippen LogP contribution in [0.4, 0.5) is 4.39 Å². The molecule has 0 radical (unpaired) electrons. The first-order valence-corrected chi connectivity index (χ1v) is 7.37. The predicted octanol–water partition coefficient (Wildman–Crippen LogP) is 4.31. The molecule has 0 fully saturated rings. The number of hydrogen-bond acceptors (Lipinski definition) is 3. The van der Waals surface area contributed by atoms with E-state index in [2.05, 4.69) is 0 Å². The molecule has 0 saturated heterocycles. The largest absolute Gasteiger partial charge is 0.494 e. The zero-order chi connectivity index (χ0) is 14.5. The quantitative estimate of drug-likeness (QED) is 0.834. The molecule has 0 saturated carbocycles. The van der Waals surface area contributed by atoms with Crippen molar-refractivity contribution in [2.24, 2.45) is 0 Å². The van der Waals surface area contributed by atoms with E-state index in [1.54, 1.807) is 24.3 Å². The maximum Gasteiger partial charge on any atom is 0.170 e. The Hall–Kier alpha value is -1.23. The van der Waals surface area contributed by atoms with Gasteiger partial charge in [-0.2, -0.15) is 0 Å². The molecule has 2 aromatic rings. The maximum absolute atomic E-state index is 14.0. The van der Waals surface area contributed by atoms with E-state index >= 15 is 0 Å². The smallest absolute Gasteiger partial charge is 0.170 e. The molecular formula is C15H14ClFO2S. The zero-order valence-electron chi connectivity index (χ0n) is 10.8. The molecule has 20 heavy (non-hydrogen) atoms. The number of halogens is 2. The van der Waals surface area contributed by atoms with Crippen LogP contribution >= 0.6 is 23.4 Å². The summed E-state index contributed by atoms with van der Waals surface area (Å²) in [7, 11) is 1.40. The highest BCUT2D eigenvalue weighted by Crippen LogP contribution is 2.29. The molecule has 1 N–H and O–H groups in total. The summed E-state index contributed by atoms with van der Waals surface area (Å²) in [6.45, 7) is 0. The van der Waals surface area contributed by atoms with Crippen molar-refractivity contribution in [2.75, 3.05) is 12.9 Å². The SMILES string of the molecule is COc1cccc(C(O)CSc2ccc(Cl)cc2)c1F. The van der Waals surface area contributed by atoms with Crippen LogP contribution in [0, 0.1) is 5.82 Å². The van der Waals surface area contributed by atoms with Gasteiger partial charge in [0.1, 0.15) is 0 Å². The van der Waals surface area contributed by atoms with Gasteiger partial charge in [-0.1, -0.05) is 23.7 Å². The summed E-state index contributed by atoms with van der Waals surface area (Å²) >= 11 is 7.24. The normalized spacial score (nSPS) is 12.2. The van der Waals surface area contributed by atoms with Crippen LogP contribution in [0.1, 0.15) is 11.7 Å². The number of aliphatic hydroxyl groups excluding tert-OH is 1. The highest BCUT2D eigenvalue weighted by molar-refractivity contribution is 7.99. The molecule has 2 nitrogen and oxygen atoms in total. The Morgan fingerprint density at radius 2 is 1.95 bits per heavy atom. The summed E-state index contributed by atoms with van der Waals surface area (Å²) in [4.78, 5) is 0.969. The Balaban J connectivity index is 2.05. The van der Waals surface area contributed by atoms with E-state index in [0.29, 0.717) is 10.8 Å². The molecule has 0 aliphatic carbocycles. The van der Waals surface area contributed by atoms with E-state index in [9.17, 15) is 9.50 Å². The molecular weight excluding hydrogens is 299 g/mol. The highest BCUT2D eigenvalue weighted by atomic mass is 35.5. The van der Waals surface area contributed by atoms with E-state index in [4.69, 9.17) is 16.3 Å². The number of benzene rings is 2. The molecule has 0 aromatic heterocycles. The van der Waals surface area contributed by atoms with Crippen LogP contribution in [0.25, 0.3) is 0 Å². The molecule has 1 unspecified atom stereocenters. The number of rotatable bonds is 5. The number of methoxy groups -OCH3 is 1. The van der Waals surface area contributed by atoms with Gasteiger partial charge < -0.3 is 9.84 Å². The average Bonchev–Trinajstić information content (AvgIpc) is 2.46. The summed E-state index contributed by atoms with van der Waals surface area (Å²) < 4.78 is 18.9. The first kappa shape index (κ1) is 15.2. The minimum absolute atomic E-state index is 0.137. The van der Waals surface area contributed by atoms with Crippen LogP contribution in [-0.4, -0.2) is 18.0 Å². The Bertz CT molecular complexity index is 575. The second-order valence-corrected chi connectivity index (χ2v) is 5.67. The van der Waals surface area contributed by atoms with Gasteiger partial charge in [-0.3, -0.25) is 0 Å². The van der Waals surface area contributed by atoms with Gasteiger partial charge in [-0.25, -0.2) is 4.39 Å². The van der Waals surface area contributed by atoms with Crippen LogP contribution in [-0.2, 0) is 0 Å². The lowest BCUT2D eigenvalue weighted by atomic mass is 10.1. The van der Waals surface area contributed by atoms with Crippen molar-refractivity contribution in [3.05, 3.63) is 58.9 Å². The van der Waals surface area contributed by atoms with E-state index in [0.717, 1.165) is 4.90 Å². The van der Waals surface area contributed by atoms with Crippen molar-refractivity contribution in [3.8, 4) is 5.75 Å². The van der Waals surface area contributed by atoms with E-state index in [1.807, 2.05) is 12.1 Å². The first-order chi connectivity index (χ1) is 9.61. The van der Waals surface area contributed by atoms with Crippen LogP contribution < -0.4 is 4.74 Å². The average molecular weight is 313 g/mol. The fraction of sp³-hybridized carbons (Fsp3) is 0.200. The second-order valence-electron chi connectivity index (χ2n) is 4.14. The predicted molar refractivity (Wildman–Crippen MR) is 80.1 cm³/mol. The first-order valence-electron chi connectivity index (χ1n) is 6.00. The van der Waals surface area contributed by atoms with E-state index in [-0.39, 0.29) is 11.3 Å². The topological polar surface area (TPSA) is 29.5 Å². The van der Waals surface area contributed by atoms with Crippen LogP contribution in [0.15, 0.2) is 47.4 Å². The molecule has 0 aliphatic heterocycles. The van der Waals surface area contributed by atoms with E-state index < -0.39 is 11.9 Å². The summed E-state index contributed by atoms with van der Waals surface area (Å²) in [5.74, 6) is -0.0247. The summed E-state index contributed by atoms with van der Waals surface area (Å²) in [5, 5.41) is 10.8. The van der Waals surface area contributed by atoms with Crippen molar-refractivity contribution in [2.45, 2.75) is 11.0 Å². The van der Waals surface area contributed by atoms with Gasteiger partial charge >= 0.3 is 0 Å². The number of hydrogen-bond donors (Lipinski definition) is 1. The van der Waals surface area contributed by atoms with Crippen molar-refractivity contribution in [1.29, 1.82) is 0 Å².